The van der Waals surface area contributed by atoms with Gasteiger partial charge in [0.15, 0.2) is 0 Å². The van der Waals surface area contributed by atoms with Gasteiger partial charge in [-0.05, 0) is 38.0 Å². The summed E-state index contributed by atoms with van der Waals surface area (Å²) in [7, 11) is -1.95. The van der Waals surface area contributed by atoms with E-state index in [4.69, 9.17) is 5.73 Å². The van der Waals surface area contributed by atoms with Gasteiger partial charge in [0.05, 0.1) is 16.3 Å². The van der Waals surface area contributed by atoms with Crippen LogP contribution < -0.4 is 10.5 Å². The average molecular weight is 294 g/mol. The summed E-state index contributed by atoms with van der Waals surface area (Å²) >= 11 is 0. The summed E-state index contributed by atoms with van der Waals surface area (Å²) in [5.41, 5.74) is 8.56. The summed E-state index contributed by atoms with van der Waals surface area (Å²) in [5.74, 6) is 0. The molecule has 6 nitrogen and oxygen atoms in total. The normalized spacial score (nSPS) is 11.6. The third-order valence-electron chi connectivity index (χ3n) is 3.17. The van der Waals surface area contributed by atoms with Gasteiger partial charge in [-0.25, -0.2) is 8.42 Å². The Hall–Kier alpha value is -2.02. The number of sulfonamides is 1. The van der Waals surface area contributed by atoms with Gasteiger partial charge in [0, 0.05) is 18.9 Å². The molecule has 108 valence electrons. The van der Waals surface area contributed by atoms with Crippen molar-refractivity contribution >= 4 is 21.4 Å². The highest BCUT2D eigenvalue weighted by Crippen LogP contribution is 2.27. The van der Waals surface area contributed by atoms with Crippen molar-refractivity contribution in [2.75, 3.05) is 10.5 Å². The molecule has 0 amide bonds. The molecular formula is C13H18N4O2S. The van der Waals surface area contributed by atoms with Gasteiger partial charge < -0.3 is 5.73 Å². The number of benzene rings is 1. The Balaban J connectivity index is 2.52. The lowest BCUT2D eigenvalue weighted by atomic mass is 10.1. The first-order valence-corrected chi connectivity index (χ1v) is 7.59. The average Bonchev–Trinajstić information content (AvgIpc) is 2.62. The van der Waals surface area contributed by atoms with Crippen LogP contribution >= 0.6 is 0 Å². The van der Waals surface area contributed by atoms with Gasteiger partial charge in [-0.1, -0.05) is 6.07 Å². The van der Waals surface area contributed by atoms with Crippen molar-refractivity contribution in [2.45, 2.75) is 25.7 Å². The van der Waals surface area contributed by atoms with E-state index < -0.39 is 10.0 Å². The summed E-state index contributed by atoms with van der Waals surface area (Å²) in [6.45, 7) is 5.20. The largest absolute Gasteiger partial charge is 0.398 e. The van der Waals surface area contributed by atoms with E-state index in [9.17, 15) is 8.42 Å². The summed E-state index contributed by atoms with van der Waals surface area (Å²) in [6, 6.07) is 3.41. The first kappa shape index (κ1) is 14.4. The highest BCUT2D eigenvalue weighted by molar-refractivity contribution is 7.92. The monoisotopic (exact) mass is 294 g/mol. The number of nitrogens with zero attached hydrogens (tertiary/aromatic N) is 2. The quantitative estimate of drug-likeness (QED) is 0.844. The first-order valence-electron chi connectivity index (χ1n) is 6.11. The topological polar surface area (TPSA) is 90.0 Å². The number of anilines is 2. The van der Waals surface area contributed by atoms with Crippen LogP contribution in [-0.2, 0) is 17.1 Å². The lowest BCUT2D eigenvalue weighted by Gasteiger charge is -2.13. The van der Waals surface area contributed by atoms with Crippen LogP contribution in [0.5, 0.6) is 0 Å². The van der Waals surface area contributed by atoms with Crippen LogP contribution in [-0.4, -0.2) is 18.2 Å². The summed E-state index contributed by atoms with van der Waals surface area (Å²) < 4.78 is 29.2. The number of hydrogen-bond acceptors (Lipinski definition) is 4. The van der Waals surface area contributed by atoms with Crippen molar-refractivity contribution in [3.05, 3.63) is 35.2 Å². The van der Waals surface area contributed by atoms with Crippen molar-refractivity contribution < 1.29 is 8.42 Å². The van der Waals surface area contributed by atoms with E-state index in [1.165, 1.54) is 0 Å². The van der Waals surface area contributed by atoms with Crippen LogP contribution in [0.4, 0.5) is 11.4 Å². The van der Waals surface area contributed by atoms with Gasteiger partial charge in [0.25, 0.3) is 10.0 Å². The minimum absolute atomic E-state index is 0.223. The third kappa shape index (κ3) is 2.49. The molecular weight excluding hydrogens is 276 g/mol. The SMILES string of the molecule is Cc1ccc(N)c(C)c1S(=O)(=O)Nc1cn(C)nc1C. The number of rotatable bonds is 3. The Bertz CT molecular complexity index is 763. The van der Waals surface area contributed by atoms with Crippen molar-refractivity contribution in [3.63, 3.8) is 0 Å². The molecule has 3 N–H and O–H groups in total. The van der Waals surface area contributed by atoms with Crippen LogP contribution in [0.3, 0.4) is 0 Å². The summed E-state index contributed by atoms with van der Waals surface area (Å²) in [5, 5.41) is 4.12. The molecule has 1 heterocycles. The molecule has 20 heavy (non-hydrogen) atoms. The van der Waals surface area contributed by atoms with E-state index in [2.05, 4.69) is 9.82 Å². The Kier molecular flexibility index (Phi) is 3.47. The molecule has 0 saturated carbocycles. The molecule has 0 saturated heterocycles. The molecule has 1 aromatic heterocycles. The molecule has 7 heteroatoms. The number of aryl methyl sites for hydroxylation is 3. The molecule has 0 bridgehead atoms. The molecule has 2 rings (SSSR count). The Labute approximate surface area is 118 Å². The maximum Gasteiger partial charge on any atom is 0.262 e. The fraction of sp³-hybridized carbons (Fsp3) is 0.308. The van der Waals surface area contributed by atoms with E-state index in [0.717, 1.165) is 0 Å². The molecule has 0 radical (unpaired) electrons. The van der Waals surface area contributed by atoms with Crippen molar-refractivity contribution in [1.82, 2.24) is 9.78 Å². The molecule has 0 aliphatic carbocycles. The molecule has 0 aliphatic rings. The van der Waals surface area contributed by atoms with E-state index in [1.54, 1.807) is 50.8 Å². The van der Waals surface area contributed by atoms with Crippen LogP contribution in [0.25, 0.3) is 0 Å². The van der Waals surface area contributed by atoms with Crippen molar-refractivity contribution in [2.24, 2.45) is 7.05 Å². The van der Waals surface area contributed by atoms with E-state index >= 15 is 0 Å². The van der Waals surface area contributed by atoms with Gasteiger partial charge in [-0.3, -0.25) is 9.40 Å². The molecule has 0 unspecified atom stereocenters. The molecule has 0 spiro atoms. The standard InChI is InChI=1S/C13H18N4O2S/c1-8-5-6-11(14)9(2)13(8)20(18,19)16-12-7-17(4)15-10(12)3/h5-7,16H,14H2,1-4H3. The molecule has 0 fully saturated rings. The smallest absolute Gasteiger partial charge is 0.262 e. The number of hydrogen-bond donors (Lipinski definition) is 2. The zero-order valence-corrected chi connectivity index (χ0v) is 12.7. The summed E-state index contributed by atoms with van der Waals surface area (Å²) in [4.78, 5) is 0.223. The maximum atomic E-state index is 12.6. The van der Waals surface area contributed by atoms with Crippen LogP contribution in [0, 0.1) is 20.8 Å². The highest BCUT2D eigenvalue weighted by Gasteiger charge is 2.22. The van der Waals surface area contributed by atoms with Crippen LogP contribution in [0.1, 0.15) is 16.8 Å². The molecule has 1 aromatic carbocycles. The number of aromatic nitrogens is 2. The van der Waals surface area contributed by atoms with E-state index in [1.807, 2.05) is 0 Å². The fourth-order valence-electron chi connectivity index (χ4n) is 2.15. The van der Waals surface area contributed by atoms with Gasteiger partial charge in [-0.2, -0.15) is 5.10 Å². The fourth-order valence-corrected chi connectivity index (χ4v) is 3.76. The maximum absolute atomic E-state index is 12.6. The minimum Gasteiger partial charge on any atom is -0.398 e. The predicted octanol–water partition coefficient (Wildman–Crippen LogP) is 1.73. The highest BCUT2D eigenvalue weighted by atomic mass is 32.2. The first-order chi connectivity index (χ1) is 9.22. The van der Waals surface area contributed by atoms with Gasteiger partial charge in [-0.15, -0.1) is 0 Å². The molecule has 0 aliphatic heterocycles. The molecule has 0 atom stereocenters. The van der Waals surface area contributed by atoms with Gasteiger partial charge >= 0.3 is 0 Å². The third-order valence-corrected chi connectivity index (χ3v) is 4.83. The van der Waals surface area contributed by atoms with Gasteiger partial charge in [0.2, 0.25) is 0 Å². The van der Waals surface area contributed by atoms with Crippen LogP contribution in [0.15, 0.2) is 23.2 Å². The van der Waals surface area contributed by atoms with Crippen LogP contribution in [0.2, 0.25) is 0 Å². The Morgan fingerprint density at radius 1 is 1.25 bits per heavy atom. The number of nitrogens with two attached hydrogens (primary N) is 1. The minimum atomic E-state index is -3.69. The molecule has 2 aromatic rings. The second-order valence-corrected chi connectivity index (χ2v) is 6.45. The second-order valence-electron chi connectivity index (χ2n) is 4.83. The lowest BCUT2D eigenvalue weighted by Crippen LogP contribution is -2.16. The summed E-state index contributed by atoms with van der Waals surface area (Å²) in [6.07, 6.45) is 1.63. The van der Waals surface area contributed by atoms with Gasteiger partial charge in [0.1, 0.15) is 0 Å². The van der Waals surface area contributed by atoms with Crippen molar-refractivity contribution in [1.29, 1.82) is 0 Å². The number of nitrogen functional groups attached to an aromatic ring is 1. The van der Waals surface area contributed by atoms with Crippen molar-refractivity contribution in [3.8, 4) is 0 Å². The lowest BCUT2D eigenvalue weighted by molar-refractivity contribution is 0.600. The number of nitrogens with one attached hydrogen (secondary N) is 1. The second kappa shape index (κ2) is 4.82. The van der Waals surface area contributed by atoms with E-state index in [-0.39, 0.29) is 4.90 Å². The predicted molar refractivity (Wildman–Crippen MR) is 79.1 cm³/mol. The van der Waals surface area contributed by atoms with E-state index in [0.29, 0.717) is 28.2 Å². The Morgan fingerprint density at radius 3 is 2.45 bits per heavy atom. The Morgan fingerprint density at radius 2 is 1.90 bits per heavy atom. The zero-order chi connectivity index (χ0) is 15.1. The zero-order valence-electron chi connectivity index (χ0n) is 11.9.